The molecule has 4 N–H and O–H groups in total. The molecule has 0 aromatic rings. The van der Waals surface area contributed by atoms with E-state index in [9.17, 15) is 9.90 Å². The Hall–Kier alpha value is -0.633. The van der Waals surface area contributed by atoms with Gasteiger partial charge in [-0.2, -0.15) is 0 Å². The number of nitrogens with two attached hydrogens (primary N) is 1. The molecule has 3 atom stereocenters. The van der Waals surface area contributed by atoms with Crippen molar-refractivity contribution in [1.29, 1.82) is 0 Å². The number of hydrogen-bond donors (Lipinski definition) is 3. The Kier molecular flexibility index (Phi) is 8.42. The number of aliphatic hydroxyl groups excluding tert-OH is 1. The summed E-state index contributed by atoms with van der Waals surface area (Å²) >= 11 is 0. The van der Waals surface area contributed by atoms with Crippen LogP contribution in [0.15, 0.2) is 0 Å². The molecule has 0 aromatic carbocycles. The predicted molar refractivity (Wildman–Crippen MR) is 101 cm³/mol. The highest BCUT2D eigenvalue weighted by Crippen LogP contribution is 2.38. The van der Waals surface area contributed by atoms with Crippen LogP contribution in [0.25, 0.3) is 0 Å². The summed E-state index contributed by atoms with van der Waals surface area (Å²) in [6, 6.07) is -0.562. The third kappa shape index (κ3) is 7.50. The van der Waals surface area contributed by atoms with Crippen molar-refractivity contribution in [1.82, 2.24) is 5.32 Å². The highest BCUT2D eigenvalue weighted by Gasteiger charge is 2.42. The van der Waals surface area contributed by atoms with Crippen molar-refractivity contribution in [3.8, 4) is 0 Å². The van der Waals surface area contributed by atoms with Gasteiger partial charge in [0.1, 0.15) is 5.60 Å². The minimum Gasteiger partial charge on any atom is -0.444 e. The van der Waals surface area contributed by atoms with Gasteiger partial charge in [-0.3, -0.25) is 0 Å². The average Bonchev–Trinajstić information content (AvgIpc) is 2.38. The van der Waals surface area contributed by atoms with Crippen LogP contribution >= 0.6 is 0 Å². The van der Waals surface area contributed by atoms with E-state index in [0.717, 1.165) is 0 Å². The van der Waals surface area contributed by atoms with E-state index in [-0.39, 0.29) is 23.7 Å². The number of carbonyl (C=O) groups is 1. The topological polar surface area (TPSA) is 93.8 Å². The number of hydrogen-bond acceptors (Lipinski definition) is 5. The van der Waals surface area contributed by atoms with Crippen LogP contribution in [0.5, 0.6) is 0 Å². The Balaban J connectivity index is 5.29. The van der Waals surface area contributed by atoms with E-state index >= 15 is 0 Å². The lowest BCUT2D eigenvalue weighted by molar-refractivity contribution is 0.0278. The molecule has 0 spiro atoms. The smallest absolute Gasteiger partial charge is 0.408 e. The Labute approximate surface area is 148 Å². The maximum absolute atomic E-state index is 12.1. The molecule has 0 aromatic heterocycles. The molecule has 0 bridgehead atoms. The van der Waals surface area contributed by atoms with Gasteiger partial charge in [0.25, 0.3) is 0 Å². The fourth-order valence-corrected chi connectivity index (χ4v) is 3.37. The van der Waals surface area contributed by atoms with Gasteiger partial charge in [0.2, 0.25) is 0 Å². The number of ether oxygens (including phenoxy) is 1. The molecule has 1 amide bonds. The molecule has 0 heterocycles. The van der Waals surface area contributed by atoms with Crippen LogP contribution in [0.3, 0.4) is 0 Å². The van der Waals surface area contributed by atoms with Crippen LogP contribution in [-0.4, -0.2) is 50.4 Å². The predicted octanol–water partition coefficient (Wildman–Crippen LogP) is 2.86. The first-order chi connectivity index (χ1) is 10.6. The molecule has 0 radical (unpaired) electrons. The fourth-order valence-electron chi connectivity index (χ4n) is 1.94. The van der Waals surface area contributed by atoms with Crippen LogP contribution in [-0.2, 0) is 9.16 Å². The summed E-state index contributed by atoms with van der Waals surface area (Å²) < 4.78 is 11.8. The standard InChI is InChI=1S/C17H38N2O4Si/c1-12(10-18)14(23-24(8,9)17(5,6)7)13(11-20)19-15(21)22-16(2,3)4/h12-14,20H,10-11,18H2,1-9H3,(H,19,21)/t12-,13+,14+/m0/s1. The molecule has 0 saturated heterocycles. The summed E-state index contributed by atoms with van der Waals surface area (Å²) in [5.74, 6) is -0.00814. The number of rotatable bonds is 7. The van der Waals surface area contributed by atoms with Crippen LogP contribution in [0.2, 0.25) is 18.1 Å². The van der Waals surface area contributed by atoms with Crippen LogP contribution in [0.1, 0.15) is 48.5 Å². The molecule has 0 aliphatic heterocycles. The van der Waals surface area contributed by atoms with Crippen molar-refractivity contribution < 1.29 is 19.1 Å². The molecule has 0 fully saturated rings. The molecule has 7 heteroatoms. The maximum Gasteiger partial charge on any atom is 0.408 e. The zero-order chi connectivity index (χ0) is 19.3. The van der Waals surface area contributed by atoms with Gasteiger partial charge in [-0.15, -0.1) is 0 Å². The molecule has 0 unspecified atom stereocenters. The zero-order valence-electron chi connectivity index (χ0n) is 16.9. The highest BCUT2D eigenvalue weighted by molar-refractivity contribution is 6.74. The quantitative estimate of drug-likeness (QED) is 0.606. The second-order valence-corrected chi connectivity index (χ2v) is 13.7. The summed E-state index contributed by atoms with van der Waals surface area (Å²) in [5, 5.41) is 12.6. The average molecular weight is 363 g/mol. The number of alkyl carbamates (subject to hydrolysis) is 1. The zero-order valence-corrected chi connectivity index (χ0v) is 17.9. The third-order valence-corrected chi connectivity index (χ3v) is 8.94. The Morgan fingerprint density at radius 1 is 1.21 bits per heavy atom. The lowest BCUT2D eigenvalue weighted by Crippen LogP contribution is -2.56. The molecule has 0 aliphatic rings. The van der Waals surface area contributed by atoms with Gasteiger partial charge in [-0.1, -0.05) is 27.7 Å². The number of nitrogens with one attached hydrogen (secondary N) is 1. The summed E-state index contributed by atoms with van der Waals surface area (Å²) in [7, 11) is -2.08. The number of carbonyl (C=O) groups excluding carboxylic acids is 1. The molecular weight excluding hydrogens is 324 g/mol. The largest absolute Gasteiger partial charge is 0.444 e. The first-order valence-electron chi connectivity index (χ1n) is 8.63. The fraction of sp³-hybridized carbons (Fsp3) is 0.941. The van der Waals surface area contributed by atoms with Crippen molar-refractivity contribution in [2.75, 3.05) is 13.2 Å². The maximum atomic E-state index is 12.1. The molecule has 0 rings (SSSR count). The van der Waals surface area contributed by atoms with Gasteiger partial charge in [0.15, 0.2) is 8.32 Å². The minimum atomic E-state index is -2.08. The first-order valence-corrected chi connectivity index (χ1v) is 11.5. The van der Waals surface area contributed by atoms with E-state index < -0.39 is 26.1 Å². The monoisotopic (exact) mass is 362 g/mol. The van der Waals surface area contributed by atoms with Crippen LogP contribution < -0.4 is 11.1 Å². The molecule has 24 heavy (non-hydrogen) atoms. The summed E-state index contributed by atoms with van der Waals surface area (Å²) in [4.78, 5) is 12.1. The molecule has 144 valence electrons. The normalized spacial score (nSPS) is 17.1. The Morgan fingerprint density at radius 3 is 2.04 bits per heavy atom. The molecule has 6 nitrogen and oxygen atoms in total. The molecular formula is C17H38N2O4Si. The van der Waals surface area contributed by atoms with Gasteiger partial charge in [0, 0.05) is 0 Å². The molecule has 0 aliphatic carbocycles. The van der Waals surface area contributed by atoms with Crippen molar-refractivity contribution in [3.05, 3.63) is 0 Å². The first kappa shape index (κ1) is 23.4. The van der Waals surface area contributed by atoms with Gasteiger partial charge in [0.05, 0.1) is 18.8 Å². The van der Waals surface area contributed by atoms with Crippen LogP contribution in [0, 0.1) is 5.92 Å². The Morgan fingerprint density at radius 2 is 1.71 bits per heavy atom. The highest BCUT2D eigenvalue weighted by atomic mass is 28.4. The molecule has 0 saturated carbocycles. The van der Waals surface area contributed by atoms with Crippen molar-refractivity contribution in [2.45, 2.75) is 84.3 Å². The summed E-state index contributed by atoms with van der Waals surface area (Å²) in [6.07, 6.45) is -0.928. The van der Waals surface area contributed by atoms with E-state index in [1.807, 2.05) is 6.92 Å². The Bertz CT molecular complexity index is 402. The van der Waals surface area contributed by atoms with Crippen molar-refractivity contribution >= 4 is 14.4 Å². The summed E-state index contributed by atoms with van der Waals surface area (Å²) in [6.45, 7) is 18.3. The van der Waals surface area contributed by atoms with E-state index in [1.165, 1.54) is 0 Å². The van der Waals surface area contributed by atoms with Gasteiger partial charge >= 0.3 is 6.09 Å². The SMILES string of the molecule is C[C@@H](CN)[C@@H](O[Si](C)(C)C(C)(C)C)[C@@H](CO)NC(=O)OC(C)(C)C. The van der Waals surface area contributed by atoms with E-state index in [4.69, 9.17) is 14.9 Å². The lowest BCUT2D eigenvalue weighted by Gasteiger charge is -2.43. The van der Waals surface area contributed by atoms with E-state index in [1.54, 1.807) is 20.8 Å². The number of amides is 1. The van der Waals surface area contributed by atoms with Crippen molar-refractivity contribution in [2.24, 2.45) is 11.7 Å². The van der Waals surface area contributed by atoms with E-state index in [2.05, 4.69) is 39.2 Å². The van der Waals surface area contributed by atoms with Gasteiger partial charge in [-0.25, -0.2) is 4.79 Å². The van der Waals surface area contributed by atoms with Crippen LogP contribution in [0.4, 0.5) is 4.79 Å². The second-order valence-electron chi connectivity index (χ2n) is 8.99. The van der Waals surface area contributed by atoms with Gasteiger partial charge in [-0.05, 0) is 51.4 Å². The number of aliphatic hydroxyl groups is 1. The summed E-state index contributed by atoms with van der Waals surface area (Å²) in [5.41, 5.74) is 5.24. The van der Waals surface area contributed by atoms with Crippen molar-refractivity contribution in [3.63, 3.8) is 0 Å². The van der Waals surface area contributed by atoms with Gasteiger partial charge < -0.3 is 25.3 Å². The second kappa shape index (κ2) is 8.65. The third-order valence-electron chi connectivity index (χ3n) is 4.46. The minimum absolute atomic E-state index is 0.00814. The van der Waals surface area contributed by atoms with E-state index in [0.29, 0.717) is 6.54 Å². The lowest BCUT2D eigenvalue weighted by atomic mass is 9.98.